The molecule has 2 aromatic rings. The van der Waals surface area contributed by atoms with Crippen molar-refractivity contribution in [3.8, 4) is 0 Å². The lowest BCUT2D eigenvalue weighted by Gasteiger charge is -2.18. The predicted molar refractivity (Wildman–Crippen MR) is 82.3 cm³/mol. The molecule has 0 radical (unpaired) electrons. The van der Waals surface area contributed by atoms with Crippen LogP contribution in [0, 0.1) is 0 Å². The summed E-state index contributed by atoms with van der Waals surface area (Å²) in [5.41, 5.74) is -0.264. The second kappa shape index (κ2) is 6.50. The van der Waals surface area contributed by atoms with E-state index in [4.69, 9.17) is 0 Å². The second-order valence-corrected chi connectivity index (χ2v) is 7.26. The van der Waals surface area contributed by atoms with Gasteiger partial charge in [0.15, 0.2) is 0 Å². The van der Waals surface area contributed by atoms with E-state index in [9.17, 15) is 13.2 Å². The number of nitrogens with zero attached hydrogens (tertiary/aromatic N) is 4. The van der Waals surface area contributed by atoms with E-state index in [-0.39, 0.29) is 17.9 Å². The molecule has 0 bridgehead atoms. The number of hydrogen-bond donors (Lipinski definition) is 1. The van der Waals surface area contributed by atoms with Gasteiger partial charge in [0, 0.05) is 31.9 Å². The van der Waals surface area contributed by atoms with E-state index in [0.717, 1.165) is 0 Å². The highest BCUT2D eigenvalue weighted by Crippen LogP contribution is 2.15. The number of anilines is 1. The number of rotatable bonds is 7. The summed E-state index contributed by atoms with van der Waals surface area (Å²) in [4.78, 5) is 16.0. The van der Waals surface area contributed by atoms with Gasteiger partial charge < -0.3 is 5.32 Å². The third kappa shape index (κ3) is 3.57. The van der Waals surface area contributed by atoms with E-state index in [1.165, 1.54) is 32.4 Å². The molecule has 0 aliphatic rings. The van der Waals surface area contributed by atoms with Crippen LogP contribution in [0.15, 0.2) is 17.1 Å². The number of fused-ring (bicyclic) bond motifs is 1. The van der Waals surface area contributed by atoms with Gasteiger partial charge in [-0.3, -0.25) is 4.79 Å². The van der Waals surface area contributed by atoms with E-state index in [1.807, 2.05) is 0 Å². The Bertz CT molecular complexity index is 764. The molecule has 2 aromatic heterocycles. The molecule has 0 spiro atoms. The van der Waals surface area contributed by atoms with Gasteiger partial charge in [-0.15, -0.1) is 5.10 Å². The number of hydrogen-bond acceptors (Lipinski definition) is 7. The third-order valence-electron chi connectivity index (χ3n) is 2.91. The summed E-state index contributed by atoms with van der Waals surface area (Å²) < 4.78 is 26.6. The molecule has 0 saturated carbocycles. The molecular weight excluding hydrogens is 314 g/mol. The summed E-state index contributed by atoms with van der Waals surface area (Å²) in [5.74, 6) is -0.0209. The van der Waals surface area contributed by atoms with Crippen LogP contribution in [0.3, 0.4) is 0 Å². The van der Waals surface area contributed by atoms with E-state index < -0.39 is 10.0 Å². The monoisotopic (exact) mass is 331 g/mol. The Morgan fingerprint density at radius 2 is 2.10 bits per heavy atom. The minimum Gasteiger partial charge on any atom is -0.359 e. The summed E-state index contributed by atoms with van der Waals surface area (Å²) in [6.45, 7) is 4.76. The van der Waals surface area contributed by atoms with E-state index in [0.29, 0.717) is 23.2 Å². The SMILES string of the molecule is CCN(CC)S(=O)(=O)CCNc1nn2c(=O)ccnc2s1. The van der Waals surface area contributed by atoms with Crippen LogP contribution in [0.5, 0.6) is 0 Å². The topological polar surface area (TPSA) is 96.7 Å². The van der Waals surface area contributed by atoms with Gasteiger partial charge >= 0.3 is 0 Å². The smallest absolute Gasteiger partial charge is 0.275 e. The van der Waals surface area contributed by atoms with Crippen LogP contribution < -0.4 is 10.9 Å². The van der Waals surface area contributed by atoms with E-state index in [1.54, 1.807) is 13.8 Å². The third-order valence-corrected chi connectivity index (χ3v) is 5.81. The first-order valence-corrected chi connectivity index (χ1v) is 8.97. The zero-order valence-electron chi connectivity index (χ0n) is 11.8. The zero-order valence-corrected chi connectivity index (χ0v) is 13.4. The zero-order chi connectivity index (χ0) is 15.5. The Kier molecular flexibility index (Phi) is 4.91. The quantitative estimate of drug-likeness (QED) is 0.780. The Balaban J connectivity index is 2.02. The first kappa shape index (κ1) is 15.9. The van der Waals surface area contributed by atoms with Crippen LogP contribution in [0.4, 0.5) is 5.13 Å². The van der Waals surface area contributed by atoms with Crippen molar-refractivity contribution in [1.29, 1.82) is 0 Å². The summed E-state index contributed by atoms with van der Waals surface area (Å²) in [6, 6.07) is 1.32. The summed E-state index contributed by atoms with van der Waals surface area (Å²) in [7, 11) is -3.27. The Hall–Kier alpha value is -1.52. The highest BCUT2D eigenvalue weighted by Gasteiger charge is 2.18. The van der Waals surface area contributed by atoms with Crippen molar-refractivity contribution in [3.05, 3.63) is 22.6 Å². The fourth-order valence-electron chi connectivity index (χ4n) is 1.85. The van der Waals surface area contributed by atoms with Crippen molar-refractivity contribution in [1.82, 2.24) is 18.9 Å². The van der Waals surface area contributed by atoms with Crippen LogP contribution >= 0.6 is 11.3 Å². The molecule has 0 aliphatic heterocycles. The average molecular weight is 331 g/mol. The van der Waals surface area contributed by atoms with Gasteiger partial charge in [0.2, 0.25) is 20.1 Å². The highest BCUT2D eigenvalue weighted by molar-refractivity contribution is 7.89. The largest absolute Gasteiger partial charge is 0.359 e. The molecule has 8 nitrogen and oxygen atoms in total. The molecule has 0 unspecified atom stereocenters. The molecule has 116 valence electrons. The maximum Gasteiger partial charge on any atom is 0.275 e. The number of aromatic nitrogens is 3. The fraction of sp³-hybridized carbons (Fsp3) is 0.545. The minimum atomic E-state index is -3.27. The number of sulfonamides is 1. The first-order valence-electron chi connectivity index (χ1n) is 6.54. The Morgan fingerprint density at radius 1 is 1.38 bits per heavy atom. The molecule has 1 N–H and O–H groups in total. The van der Waals surface area contributed by atoms with Crippen molar-refractivity contribution in [2.45, 2.75) is 13.8 Å². The highest BCUT2D eigenvalue weighted by atomic mass is 32.2. The first-order chi connectivity index (χ1) is 9.97. The summed E-state index contributed by atoms with van der Waals surface area (Å²) in [5, 5.41) is 7.45. The Labute approximate surface area is 126 Å². The lowest BCUT2D eigenvalue weighted by atomic mass is 10.7. The molecule has 0 saturated heterocycles. The van der Waals surface area contributed by atoms with Crippen molar-refractivity contribution in [2.24, 2.45) is 0 Å². The van der Waals surface area contributed by atoms with E-state index >= 15 is 0 Å². The maximum absolute atomic E-state index is 12.0. The molecule has 0 fully saturated rings. The molecule has 2 rings (SSSR count). The van der Waals surface area contributed by atoms with Gasteiger partial charge in [0.25, 0.3) is 5.56 Å². The maximum atomic E-state index is 12.0. The van der Waals surface area contributed by atoms with Gasteiger partial charge in [-0.25, -0.2) is 17.7 Å². The summed E-state index contributed by atoms with van der Waals surface area (Å²) >= 11 is 1.20. The lowest BCUT2D eigenvalue weighted by Crippen LogP contribution is -2.34. The lowest BCUT2D eigenvalue weighted by molar-refractivity contribution is 0.446. The standard InChI is InChI=1S/C11H17N5O3S2/c1-3-15(4-2)21(18,19)8-7-12-10-14-16-9(17)5-6-13-11(16)20-10/h5-6H,3-4,7-8H2,1-2H3,(H,12,14). The van der Waals surface area contributed by atoms with E-state index in [2.05, 4.69) is 15.4 Å². The van der Waals surface area contributed by atoms with Gasteiger partial charge in [-0.05, 0) is 0 Å². The molecule has 0 aliphatic carbocycles. The molecule has 21 heavy (non-hydrogen) atoms. The average Bonchev–Trinajstić information content (AvgIpc) is 2.84. The van der Waals surface area contributed by atoms with Crippen LogP contribution in [0.25, 0.3) is 4.96 Å². The van der Waals surface area contributed by atoms with Crippen molar-refractivity contribution < 1.29 is 8.42 Å². The van der Waals surface area contributed by atoms with Gasteiger partial charge in [0.05, 0.1) is 5.75 Å². The predicted octanol–water partition coefficient (Wildman–Crippen LogP) is 0.234. The van der Waals surface area contributed by atoms with Crippen LogP contribution in [0.1, 0.15) is 13.8 Å². The minimum absolute atomic E-state index is 0.0209. The Morgan fingerprint density at radius 3 is 2.71 bits per heavy atom. The van der Waals surface area contributed by atoms with Gasteiger partial charge in [-0.1, -0.05) is 25.2 Å². The van der Waals surface area contributed by atoms with Gasteiger partial charge in [-0.2, -0.15) is 4.52 Å². The molecule has 10 heteroatoms. The molecule has 0 amide bonds. The van der Waals surface area contributed by atoms with Crippen LogP contribution in [-0.4, -0.2) is 52.7 Å². The number of nitrogens with one attached hydrogen (secondary N) is 1. The molecule has 2 heterocycles. The van der Waals surface area contributed by atoms with Gasteiger partial charge in [0.1, 0.15) is 0 Å². The molecule has 0 atom stereocenters. The second-order valence-electron chi connectivity index (χ2n) is 4.21. The fourth-order valence-corrected chi connectivity index (χ4v) is 4.05. The normalized spacial score (nSPS) is 12.1. The molecular formula is C11H17N5O3S2. The van der Waals surface area contributed by atoms with Crippen molar-refractivity contribution in [3.63, 3.8) is 0 Å². The summed E-state index contributed by atoms with van der Waals surface area (Å²) in [6.07, 6.45) is 1.42. The van der Waals surface area contributed by atoms with Crippen molar-refractivity contribution in [2.75, 3.05) is 30.7 Å². The van der Waals surface area contributed by atoms with Crippen LogP contribution in [-0.2, 0) is 10.0 Å². The van der Waals surface area contributed by atoms with Crippen LogP contribution in [0.2, 0.25) is 0 Å². The van der Waals surface area contributed by atoms with Crippen molar-refractivity contribution >= 4 is 31.5 Å². The molecule has 0 aromatic carbocycles.